The molecule has 0 aliphatic carbocycles. The van der Waals surface area contributed by atoms with E-state index < -0.39 is 21.8 Å². The van der Waals surface area contributed by atoms with Gasteiger partial charge in [-0.05, 0) is 43.9 Å². The molecule has 13 heteroatoms. The Morgan fingerprint density at radius 3 is 2.63 bits per heavy atom. The van der Waals surface area contributed by atoms with Gasteiger partial charge >= 0.3 is 0 Å². The van der Waals surface area contributed by atoms with E-state index in [1.807, 2.05) is 36.8 Å². The van der Waals surface area contributed by atoms with Crippen LogP contribution in [-0.2, 0) is 27.7 Å². The summed E-state index contributed by atoms with van der Waals surface area (Å²) in [5.74, 6) is 0.299. The number of likely N-dealkylation sites (N-methyl/N-ethyl adjacent to an activating group) is 1. The minimum Gasteiger partial charge on any atom is -0.494 e. The molecule has 0 aliphatic rings. The Kier molecular flexibility index (Phi) is 8.91. The first-order valence-corrected chi connectivity index (χ1v) is 14.1. The van der Waals surface area contributed by atoms with E-state index in [-0.39, 0.29) is 5.95 Å². The number of methoxy groups -OCH3 is 1. The van der Waals surface area contributed by atoms with Crippen molar-refractivity contribution in [2.24, 2.45) is 7.05 Å². The highest BCUT2D eigenvalue weighted by atomic mass is 32.2. The summed E-state index contributed by atoms with van der Waals surface area (Å²) in [6.07, 6.45) is 4.67. The molecular weight excluding hydrogens is 548 g/mol. The number of amides is 1. The molecule has 4 rings (SSSR count). The van der Waals surface area contributed by atoms with Gasteiger partial charge in [0.15, 0.2) is 0 Å². The first-order chi connectivity index (χ1) is 19.5. The average molecular weight is 581 g/mol. The van der Waals surface area contributed by atoms with Crippen molar-refractivity contribution in [1.82, 2.24) is 19.4 Å². The van der Waals surface area contributed by atoms with Crippen LogP contribution in [0.3, 0.4) is 0 Å². The minimum atomic E-state index is -4.15. The molecule has 0 bridgehead atoms. The molecule has 0 atom stereocenters. The van der Waals surface area contributed by atoms with Crippen molar-refractivity contribution in [3.63, 3.8) is 0 Å². The summed E-state index contributed by atoms with van der Waals surface area (Å²) in [7, 11) is 3.08. The van der Waals surface area contributed by atoms with Crippen LogP contribution in [0.4, 0.5) is 17.3 Å². The number of rotatable bonds is 12. The molecule has 1 amide bonds. The lowest BCUT2D eigenvalue weighted by Gasteiger charge is -2.18. The number of aryl methyl sites for hydroxylation is 1. The molecule has 0 saturated heterocycles. The summed E-state index contributed by atoms with van der Waals surface area (Å²) in [4.78, 5) is 23.2. The second kappa shape index (κ2) is 12.4. The zero-order valence-electron chi connectivity index (χ0n) is 23.2. The molecule has 41 heavy (non-hydrogen) atoms. The van der Waals surface area contributed by atoms with E-state index in [0.29, 0.717) is 47.3 Å². The van der Waals surface area contributed by atoms with E-state index in [2.05, 4.69) is 27.2 Å². The molecule has 216 valence electrons. The summed E-state index contributed by atoms with van der Waals surface area (Å²) < 4.78 is 45.3. The SMILES string of the molecule is C=CC(=O)Nc1cc(Nc2nccc(-c3cn(C)c4cc(CS(=O)(=O)O)ccc34)n2)c(OC)cc1OCCN(C)C. The first-order valence-electron chi connectivity index (χ1n) is 12.5. The maximum atomic E-state index is 12.1. The fourth-order valence-electron chi connectivity index (χ4n) is 4.19. The molecule has 2 heterocycles. The Labute approximate surface area is 238 Å². The number of carbonyl (C=O) groups excluding carboxylic acids is 1. The third-order valence-corrected chi connectivity index (χ3v) is 6.82. The van der Waals surface area contributed by atoms with Gasteiger partial charge in [0.25, 0.3) is 10.1 Å². The molecule has 0 unspecified atom stereocenters. The number of carbonyl (C=O) groups is 1. The predicted molar refractivity (Wildman–Crippen MR) is 158 cm³/mol. The first kappa shape index (κ1) is 29.5. The molecule has 12 nitrogen and oxygen atoms in total. The summed E-state index contributed by atoms with van der Waals surface area (Å²) in [6, 6.07) is 10.3. The Morgan fingerprint density at radius 2 is 1.95 bits per heavy atom. The van der Waals surface area contributed by atoms with Gasteiger partial charge in [-0.2, -0.15) is 8.42 Å². The van der Waals surface area contributed by atoms with Crippen LogP contribution < -0.4 is 20.1 Å². The van der Waals surface area contributed by atoms with Crippen molar-refractivity contribution in [1.29, 1.82) is 0 Å². The van der Waals surface area contributed by atoms with Crippen LogP contribution in [0.25, 0.3) is 22.2 Å². The van der Waals surface area contributed by atoms with Crippen LogP contribution in [0.5, 0.6) is 11.5 Å². The third-order valence-electron chi connectivity index (χ3n) is 6.12. The van der Waals surface area contributed by atoms with Gasteiger partial charge in [0.2, 0.25) is 11.9 Å². The van der Waals surface area contributed by atoms with Gasteiger partial charge in [0.05, 0.1) is 24.2 Å². The Balaban J connectivity index is 1.67. The normalized spacial score (nSPS) is 11.5. The fourth-order valence-corrected chi connectivity index (χ4v) is 4.79. The molecule has 0 spiro atoms. The van der Waals surface area contributed by atoms with Crippen LogP contribution in [0.15, 0.2) is 61.4 Å². The van der Waals surface area contributed by atoms with Gasteiger partial charge in [-0.1, -0.05) is 18.7 Å². The number of fused-ring (bicyclic) bond motifs is 1. The molecule has 2 aromatic heterocycles. The fraction of sp³-hybridized carbons (Fsp3) is 0.250. The van der Waals surface area contributed by atoms with E-state index in [1.54, 1.807) is 42.6 Å². The molecule has 0 saturated carbocycles. The number of hydrogen-bond acceptors (Lipinski definition) is 9. The second-order valence-electron chi connectivity index (χ2n) is 9.52. The highest BCUT2D eigenvalue weighted by molar-refractivity contribution is 7.85. The van der Waals surface area contributed by atoms with E-state index in [1.165, 1.54) is 13.2 Å². The number of aromatic nitrogens is 3. The highest BCUT2D eigenvalue weighted by Crippen LogP contribution is 2.38. The van der Waals surface area contributed by atoms with Crippen LogP contribution >= 0.6 is 0 Å². The number of nitrogens with one attached hydrogen (secondary N) is 2. The lowest BCUT2D eigenvalue weighted by molar-refractivity contribution is -0.111. The monoisotopic (exact) mass is 580 g/mol. The molecule has 4 aromatic rings. The van der Waals surface area contributed by atoms with Crippen LogP contribution in [0.2, 0.25) is 0 Å². The third kappa shape index (κ3) is 7.39. The largest absolute Gasteiger partial charge is 0.494 e. The van der Waals surface area contributed by atoms with Crippen molar-refractivity contribution in [2.75, 3.05) is 45.0 Å². The smallest absolute Gasteiger partial charge is 0.269 e. The number of benzene rings is 2. The van der Waals surface area contributed by atoms with Crippen molar-refractivity contribution < 1.29 is 27.2 Å². The molecule has 0 radical (unpaired) electrons. The van der Waals surface area contributed by atoms with Gasteiger partial charge in [-0.15, -0.1) is 0 Å². The van der Waals surface area contributed by atoms with Crippen LogP contribution in [0.1, 0.15) is 5.56 Å². The standard InChI is InChI=1S/C28H32N6O6S/c1-6-27(35)30-23-14-22(25(39-5)15-26(23)40-12-11-33(2)3)32-28-29-10-9-21(31-28)20-16-34(4)24-13-18(7-8-19(20)24)17-41(36,37)38/h6-10,13-16H,1,11-12,17H2,2-5H3,(H,30,35)(H,29,31,32)(H,36,37,38). The average Bonchev–Trinajstić information content (AvgIpc) is 3.24. The van der Waals surface area contributed by atoms with Gasteiger partial charge in [-0.3, -0.25) is 9.35 Å². The summed E-state index contributed by atoms with van der Waals surface area (Å²) >= 11 is 0. The highest BCUT2D eigenvalue weighted by Gasteiger charge is 2.17. The lowest BCUT2D eigenvalue weighted by atomic mass is 10.1. The van der Waals surface area contributed by atoms with Gasteiger partial charge in [-0.25, -0.2) is 9.97 Å². The number of hydrogen-bond donors (Lipinski definition) is 3. The molecule has 0 fully saturated rings. The van der Waals surface area contributed by atoms with E-state index in [4.69, 9.17) is 9.47 Å². The second-order valence-corrected chi connectivity index (χ2v) is 11.0. The van der Waals surface area contributed by atoms with Crippen molar-refractivity contribution in [3.05, 3.63) is 67.0 Å². The number of nitrogens with zero attached hydrogens (tertiary/aromatic N) is 4. The maximum Gasteiger partial charge on any atom is 0.269 e. The van der Waals surface area contributed by atoms with Gasteiger partial charge < -0.3 is 29.6 Å². The van der Waals surface area contributed by atoms with Crippen LogP contribution in [0, 0.1) is 0 Å². The Bertz CT molecular complexity index is 1700. The molecule has 2 aromatic carbocycles. The van der Waals surface area contributed by atoms with E-state index in [9.17, 15) is 17.8 Å². The number of anilines is 3. The Hall–Kier alpha value is -4.46. The molecule has 0 aliphatic heterocycles. The zero-order chi connectivity index (χ0) is 29.7. The predicted octanol–water partition coefficient (Wildman–Crippen LogP) is 3.84. The molecular formula is C28H32N6O6S. The minimum absolute atomic E-state index is 0.281. The topological polar surface area (TPSA) is 148 Å². The Morgan fingerprint density at radius 1 is 1.17 bits per heavy atom. The van der Waals surface area contributed by atoms with Crippen LogP contribution in [-0.4, -0.2) is 72.7 Å². The van der Waals surface area contributed by atoms with Gasteiger partial charge in [0, 0.05) is 48.5 Å². The summed E-state index contributed by atoms with van der Waals surface area (Å²) in [5, 5.41) is 6.78. The maximum absolute atomic E-state index is 12.1. The number of ether oxygens (including phenoxy) is 2. The lowest BCUT2D eigenvalue weighted by Crippen LogP contribution is -2.20. The quantitative estimate of drug-likeness (QED) is 0.167. The summed E-state index contributed by atoms with van der Waals surface area (Å²) in [6.45, 7) is 4.59. The summed E-state index contributed by atoms with van der Waals surface area (Å²) in [5.41, 5.74) is 3.60. The van der Waals surface area contributed by atoms with Crippen molar-refractivity contribution >= 4 is 44.3 Å². The zero-order valence-corrected chi connectivity index (χ0v) is 24.0. The molecule has 3 N–H and O–H groups in total. The van der Waals surface area contributed by atoms with Gasteiger partial charge in [0.1, 0.15) is 23.9 Å². The van der Waals surface area contributed by atoms with E-state index in [0.717, 1.165) is 16.5 Å². The van der Waals surface area contributed by atoms with Crippen molar-refractivity contribution in [3.8, 4) is 22.8 Å². The van der Waals surface area contributed by atoms with Crippen molar-refractivity contribution in [2.45, 2.75) is 5.75 Å². The van der Waals surface area contributed by atoms with E-state index >= 15 is 0 Å².